The molecule has 21 heavy (non-hydrogen) atoms. The number of nitriles is 1. The largest absolute Gasteiger partial charge is 0.456 e. The maximum absolute atomic E-state index is 11.8. The van der Waals surface area contributed by atoms with Crippen LogP contribution in [0.25, 0.3) is 0 Å². The molecule has 0 N–H and O–H groups in total. The van der Waals surface area contributed by atoms with Crippen LogP contribution in [0.5, 0.6) is 0 Å². The lowest BCUT2D eigenvalue weighted by atomic mass is 9.76. The molecule has 0 heterocycles. The van der Waals surface area contributed by atoms with E-state index >= 15 is 0 Å². The van der Waals surface area contributed by atoms with E-state index in [2.05, 4.69) is 12.6 Å². The predicted octanol–water partition coefficient (Wildman–Crippen LogP) is 3.71. The van der Waals surface area contributed by atoms with Crippen molar-refractivity contribution < 1.29 is 9.53 Å². The molecule has 0 amide bonds. The van der Waals surface area contributed by atoms with Crippen LogP contribution in [0.1, 0.15) is 46.5 Å². The highest BCUT2D eigenvalue weighted by Crippen LogP contribution is 2.63. The Hall–Kier alpha value is -1.30. The summed E-state index contributed by atoms with van der Waals surface area (Å²) < 4.78 is 5.69. The van der Waals surface area contributed by atoms with E-state index in [1.807, 2.05) is 13.8 Å². The molecule has 0 aromatic heterocycles. The van der Waals surface area contributed by atoms with Gasteiger partial charge in [-0.15, -0.1) is 0 Å². The summed E-state index contributed by atoms with van der Waals surface area (Å²) in [7, 11) is 0. The summed E-state index contributed by atoms with van der Waals surface area (Å²) in [6.07, 6.45) is 4.62. The molecular formula is C18H25NO2. The zero-order valence-electron chi connectivity index (χ0n) is 13.3. The van der Waals surface area contributed by atoms with Crippen LogP contribution in [0.15, 0.2) is 12.2 Å². The van der Waals surface area contributed by atoms with Gasteiger partial charge in [-0.2, -0.15) is 5.26 Å². The van der Waals surface area contributed by atoms with Gasteiger partial charge in [0.25, 0.3) is 0 Å². The fourth-order valence-corrected chi connectivity index (χ4v) is 5.20. The molecule has 0 aromatic rings. The second kappa shape index (κ2) is 4.87. The molecule has 0 aromatic carbocycles. The van der Waals surface area contributed by atoms with Crippen molar-refractivity contribution in [2.24, 2.45) is 35.5 Å². The number of hydrogen-bond donors (Lipinski definition) is 0. The molecule has 3 fully saturated rings. The predicted molar refractivity (Wildman–Crippen MR) is 80.0 cm³/mol. The quantitative estimate of drug-likeness (QED) is 0.587. The average molecular weight is 287 g/mol. The zero-order chi connectivity index (χ0) is 15.4. The molecule has 0 aliphatic heterocycles. The number of nitrogens with zero attached hydrogens (tertiary/aromatic N) is 1. The first-order chi connectivity index (χ1) is 9.83. The van der Waals surface area contributed by atoms with E-state index in [-0.39, 0.29) is 11.9 Å². The van der Waals surface area contributed by atoms with Crippen molar-refractivity contribution in [2.45, 2.75) is 52.1 Å². The highest BCUT2D eigenvalue weighted by Gasteiger charge is 2.58. The molecule has 3 saturated carbocycles. The van der Waals surface area contributed by atoms with Crippen LogP contribution in [0.3, 0.4) is 0 Å². The monoisotopic (exact) mass is 287 g/mol. The Kier molecular flexibility index (Phi) is 3.39. The first kappa shape index (κ1) is 14.6. The van der Waals surface area contributed by atoms with E-state index < -0.39 is 5.60 Å². The Morgan fingerprint density at radius 2 is 1.86 bits per heavy atom. The van der Waals surface area contributed by atoms with Gasteiger partial charge in [0.05, 0.1) is 6.07 Å². The molecule has 3 heteroatoms. The van der Waals surface area contributed by atoms with Crippen molar-refractivity contribution >= 4 is 5.97 Å². The van der Waals surface area contributed by atoms with Gasteiger partial charge >= 0.3 is 5.97 Å². The lowest BCUT2D eigenvalue weighted by Gasteiger charge is -2.32. The topological polar surface area (TPSA) is 50.1 Å². The van der Waals surface area contributed by atoms with Gasteiger partial charge in [0.15, 0.2) is 0 Å². The SMILES string of the molecule is C=C(C)C(=O)OC(C)(C)C1CC2C3CC(C#N)C(C3)C2C1. The number of esters is 1. The Labute approximate surface area is 127 Å². The van der Waals surface area contributed by atoms with Crippen LogP contribution in [-0.4, -0.2) is 11.6 Å². The number of hydrogen-bond acceptors (Lipinski definition) is 3. The molecule has 0 spiro atoms. The Morgan fingerprint density at radius 1 is 1.19 bits per heavy atom. The fraction of sp³-hybridized carbons (Fsp3) is 0.778. The van der Waals surface area contributed by atoms with Crippen LogP contribution in [0, 0.1) is 46.8 Å². The van der Waals surface area contributed by atoms with Gasteiger partial charge in [-0.05, 0) is 76.0 Å². The third-order valence-corrected chi connectivity index (χ3v) is 6.32. The molecule has 3 aliphatic rings. The molecule has 6 unspecified atom stereocenters. The third-order valence-electron chi connectivity index (χ3n) is 6.32. The lowest BCUT2D eigenvalue weighted by molar-refractivity contribution is -0.156. The van der Waals surface area contributed by atoms with Crippen molar-refractivity contribution in [3.05, 3.63) is 12.2 Å². The first-order valence-electron chi connectivity index (χ1n) is 8.12. The fourth-order valence-electron chi connectivity index (χ4n) is 5.20. The molecular weight excluding hydrogens is 262 g/mol. The second-order valence-corrected chi connectivity index (χ2v) is 7.90. The molecule has 3 rings (SSSR count). The van der Waals surface area contributed by atoms with E-state index in [1.165, 1.54) is 6.42 Å². The van der Waals surface area contributed by atoms with E-state index in [0.717, 1.165) is 31.1 Å². The average Bonchev–Trinajstić information content (AvgIpc) is 3.08. The second-order valence-electron chi connectivity index (χ2n) is 7.90. The van der Waals surface area contributed by atoms with Crippen molar-refractivity contribution in [1.29, 1.82) is 5.26 Å². The third kappa shape index (κ3) is 2.29. The van der Waals surface area contributed by atoms with Crippen LogP contribution in [-0.2, 0) is 9.53 Å². The highest BCUT2D eigenvalue weighted by molar-refractivity contribution is 5.87. The van der Waals surface area contributed by atoms with E-state index in [9.17, 15) is 10.1 Å². The number of ether oxygens (including phenoxy) is 1. The molecule has 6 atom stereocenters. The van der Waals surface area contributed by atoms with Gasteiger partial charge in [0.1, 0.15) is 5.60 Å². The summed E-state index contributed by atoms with van der Waals surface area (Å²) in [5.74, 6) is 3.18. The van der Waals surface area contributed by atoms with Gasteiger partial charge in [0.2, 0.25) is 0 Å². The van der Waals surface area contributed by atoms with E-state index in [4.69, 9.17) is 4.74 Å². The molecule has 0 saturated heterocycles. The first-order valence-corrected chi connectivity index (χ1v) is 8.12. The van der Waals surface area contributed by atoms with Crippen LogP contribution in [0.2, 0.25) is 0 Å². The van der Waals surface area contributed by atoms with Crippen molar-refractivity contribution in [3.8, 4) is 6.07 Å². The summed E-state index contributed by atoms with van der Waals surface area (Å²) in [5.41, 5.74) is 0.0352. The molecule has 3 nitrogen and oxygen atoms in total. The number of carbonyl (C=O) groups is 1. The summed E-state index contributed by atoms with van der Waals surface area (Å²) >= 11 is 0. The highest BCUT2D eigenvalue weighted by atomic mass is 16.6. The lowest BCUT2D eigenvalue weighted by Crippen LogP contribution is -2.36. The number of rotatable bonds is 3. The summed E-state index contributed by atoms with van der Waals surface area (Å²) in [6, 6.07) is 2.51. The van der Waals surface area contributed by atoms with Crippen molar-refractivity contribution in [3.63, 3.8) is 0 Å². The van der Waals surface area contributed by atoms with Crippen molar-refractivity contribution in [2.75, 3.05) is 0 Å². The van der Waals surface area contributed by atoms with Gasteiger partial charge in [-0.3, -0.25) is 0 Å². The summed E-state index contributed by atoms with van der Waals surface area (Å²) in [5, 5.41) is 9.28. The van der Waals surface area contributed by atoms with Gasteiger partial charge in [-0.25, -0.2) is 4.79 Å². The standard InChI is InChI=1S/C18H25NO2/c1-10(2)17(20)21-18(3,4)13-7-15-11-5-12(9-19)14(6-11)16(15)8-13/h11-16H,1,5-8H2,2-4H3. The number of carbonyl (C=O) groups excluding carboxylic acids is 1. The van der Waals surface area contributed by atoms with Gasteiger partial charge < -0.3 is 4.74 Å². The zero-order valence-corrected chi connectivity index (χ0v) is 13.3. The van der Waals surface area contributed by atoms with E-state index in [1.54, 1.807) is 6.92 Å². The van der Waals surface area contributed by atoms with Crippen molar-refractivity contribution in [1.82, 2.24) is 0 Å². The Bertz CT molecular complexity index is 516. The molecule has 114 valence electrons. The smallest absolute Gasteiger partial charge is 0.333 e. The van der Waals surface area contributed by atoms with Crippen LogP contribution in [0.4, 0.5) is 0 Å². The van der Waals surface area contributed by atoms with Crippen LogP contribution < -0.4 is 0 Å². The maximum atomic E-state index is 11.8. The molecule has 0 radical (unpaired) electrons. The number of fused-ring (bicyclic) bond motifs is 5. The van der Waals surface area contributed by atoms with Gasteiger partial charge in [-0.1, -0.05) is 6.58 Å². The van der Waals surface area contributed by atoms with Crippen LogP contribution >= 0.6 is 0 Å². The summed E-state index contributed by atoms with van der Waals surface area (Å²) in [4.78, 5) is 11.8. The minimum atomic E-state index is -0.429. The minimum absolute atomic E-state index is 0.274. The Balaban J connectivity index is 1.69. The molecule has 2 bridgehead atoms. The Morgan fingerprint density at radius 3 is 2.48 bits per heavy atom. The van der Waals surface area contributed by atoms with Gasteiger partial charge in [0, 0.05) is 11.5 Å². The normalized spacial score (nSPS) is 40.7. The summed E-state index contributed by atoms with van der Waals surface area (Å²) in [6.45, 7) is 9.42. The minimum Gasteiger partial charge on any atom is -0.456 e. The maximum Gasteiger partial charge on any atom is 0.333 e. The van der Waals surface area contributed by atoms with E-state index in [0.29, 0.717) is 23.3 Å². The molecule has 3 aliphatic carbocycles.